The molecule has 0 bridgehead atoms. The van der Waals surface area contributed by atoms with Crippen LogP contribution in [-0.4, -0.2) is 28.5 Å². The number of aromatic nitrogens is 2. The zero-order valence-electron chi connectivity index (χ0n) is 8.36. The van der Waals surface area contributed by atoms with Gasteiger partial charge >= 0.3 is 0 Å². The van der Waals surface area contributed by atoms with E-state index in [-0.39, 0.29) is 0 Å². The topological polar surface area (TPSA) is 21.1 Å². The third-order valence-corrected chi connectivity index (χ3v) is 1.68. The molecule has 0 N–H and O–H groups in total. The van der Waals surface area contributed by atoms with Gasteiger partial charge in [0.2, 0.25) is 0 Å². The Morgan fingerprint density at radius 1 is 1.62 bits per heavy atom. The molecular weight excluding hydrogens is 162 g/mol. The van der Waals surface area contributed by atoms with E-state index in [2.05, 4.69) is 11.6 Å². The molecule has 0 atom stereocenters. The molecule has 0 aliphatic rings. The monoisotopic (exact) mass is 177 g/mol. The van der Waals surface area contributed by atoms with E-state index >= 15 is 0 Å². The van der Waals surface area contributed by atoms with Gasteiger partial charge in [-0.25, -0.2) is 4.98 Å². The smallest absolute Gasteiger partial charge is 0.139 e. The van der Waals surface area contributed by atoms with Gasteiger partial charge in [0.1, 0.15) is 5.82 Å². The zero-order valence-corrected chi connectivity index (χ0v) is 8.36. The van der Waals surface area contributed by atoms with Crippen LogP contribution in [0.25, 0.3) is 5.57 Å². The average Bonchev–Trinajstić information content (AvgIpc) is 2.47. The molecule has 0 unspecified atom stereocenters. The SMILES string of the molecule is C=C(/C=C\N(C)C)c1nccn1C. The summed E-state index contributed by atoms with van der Waals surface area (Å²) in [5.41, 5.74) is 0.918. The lowest BCUT2D eigenvalue weighted by Gasteiger charge is -2.04. The van der Waals surface area contributed by atoms with Crippen LogP contribution in [0.5, 0.6) is 0 Å². The van der Waals surface area contributed by atoms with Crippen LogP contribution in [0.15, 0.2) is 31.2 Å². The Morgan fingerprint density at radius 3 is 2.77 bits per heavy atom. The predicted octanol–water partition coefficient (Wildman–Crippen LogP) is 1.51. The van der Waals surface area contributed by atoms with Crippen molar-refractivity contribution in [1.82, 2.24) is 14.5 Å². The fraction of sp³-hybridized carbons (Fsp3) is 0.300. The second-order valence-corrected chi connectivity index (χ2v) is 3.17. The second-order valence-electron chi connectivity index (χ2n) is 3.17. The molecule has 1 heterocycles. The van der Waals surface area contributed by atoms with Crippen LogP contribution in [0.1, 0.15) is 5.82 Å². The summed E-state index contributed by atoms with van der Waals surface area (Å²) in [6.45, 7) is 3.93. The molecule has 0 fully saturated rings. The molecule has 1 aromatic heterocycles. The van der Waals surface area contributed by atoms with Crippen LogP contribution in [0.3, 0.4) is 0 Å². The van der Waals surface area contributed by atoms with Crippen molar-refractivity contribution in [3.8, 4) is 0 Å². The zero-order chi connectivity index (χ0) is 9.84. The van der Waals surface area contributed by atoms with Crippen LogP contribution in [0.4, 0.5) is 0 Å². The van der Waals surface area contributed by atoms with Gasteiger partial charge in [0.15, 0.2) is 0 Å². The van der Waals surface area contributed by atoms with Gasteiger partial charge in [0.25, 0.3) is 0 Å². The Kier molecular flexibility index (Phi) is 2.90. The standard InChI is InChI=1S/C10H15N3/c1-9(5-7-12(2)3)10-11-6-8-13(10)4/h5-8H,1H2,2-4H3/b7-5-. The van der Waals surface area contributed by atoms with Gasteiger partial charge in [-0.2, -0.15) is 0 Å². The molecule has 0 aliphatic heterocycles. The summed E-state index contributed by atoms with van der Waals surface area (Å²) in [6, 6.07) is 0. The minimum atomic E-state index is 0.901. The quantitative estimate of drug-likeness (QED) is 0.652. The predicted molar refractivity (Wildman–Crippen MR) is 55.1 cm³/mol. The van der Waals surface area contributed by atoms with E-state index in [1.807, 2.05) is 49.1 Å². The van der Waals surface area contributed by atoms with Crippen LogP contribution in [0.2, 0.25) is 0 Å². The Hall–Kier alpha value is -1.51. The van der Waals surface area contributed by atoms with Gasteiger partial charge in [0.05, 0.1) is 0 Å². The molecule has 1 aromatic rings. The number of allylic oxidation sites excluding steroid dienone is 2. The molecule has 0 aliphatic carbocycles. The molecular formula is C10H15N3. The third-order valence-electron chi connectivity index (χ3n) is 1.68. The lowest BCUT2D eigenvalue weighted by atomic mass is 10.3. The highest BCUT2D eigenvalue weighted by Crippen LogP contribution is 2.09. The largest absolute Gasteiger partial charge is 0.383 e. The first-order valence-electron chi connectivity index (χ1n) is 4.12. The molecule has 3 heteroatoms. The van der Waals surface area contributed by atoms with Crippen molar-refractivity contribution in [2.45, 2.75) is 0 Å². The first-order valence-corrected chi connectivity index (χ1v) is 4.12. The van der Waals surface area contributed by atoms with Crippen molar-refractivity contribution in [2.75, 3.05) is 14.1 Å². The highest BCUT2D eigenvalue weighted by Gasteiger charge is 1.99. The van der Waals surface area contributed by atoms with Crippen molar-refractivity contribution in [3.63, 3.8) is 0 Å². The summed E-state index contributed by atoms with van der Waals surface area (Å²) in [5.74, 6) is 0.901. The van der Waals surface area contributed by atoms with E-state index in [1.54, 1.807) is 6.20 Å². The molecule has 0 spiro atoms. The number of nitrogens with zero attached hydrogens (tertiary/aromatic N) is 3. The molecule has 0 saturated carbocycles. The summed E-state index contributed by atoms with van der Waals surface area (Å²) >= 11 is 0. The van der Waals surface area contributed by atoms with Crippen LogP contribution in [0, 0.1) is 0 Å². The molecule has 0 saturated heterocycles. The van der Waals surface area contributed by atoms with E-state index < -0.39 is 0 Å². The van der Waals surface area contributed by atoms with Gasteiger partial charge in [0, 0.05) is 39.1 Å². The van der Waals surface area contributed by atoms with E-state index in [0.29, 0.717) is 0 Å². The minimum absolute atomic E-state index is 0.901. The van der Waals surface area contributed by atoms with Gasteiger partial charge in [-0.1, -0.05) is 6.58 Å². The lowest BCUT2D eigenvalue weighted by molar-refractivity contribution is 0.564. The van der Waals surface area contributed by atoms with Crippen molar-refractivity contribution in [3.05, 3.63) is 37.1 Å². The van der Waals surface area contributed by atoms with E-state index in [0.717, 1.165) is 11.4 Å². The van der Waals surface area contributed by atoms with Crippen molar-refractivity contribution < 1.29 is 0 Å². The summed E-state index contributed by atoms with van der Waals surface area (Å²) < 4.78 is 1.95. The number of imidazole rings is 1. The summed E-state index contributed by atoms with van der Waals surface area (Å²) in [5, 5.41) is 0. The summed E-state index contributed by atoms with van der Waals surface area (Å²) in [4.78, 5) is 6.15. The van der Waals surface area contributed by atoms with E-state index in [4.69, 9.17) is 0 Å². The average molecular weight is 177 g/mol. The number of hydrogen-bond donors (Lipinski definition) is 0. The van der Waals surface area contributed by atoms with Gasteiger partial charge in [-0.05, 0) is 12.3 Å². The summed E-state index contributed by atoms with van der Waals surface area (Å²) in [7, 11) is 5.90. The molecule has 70 valence electrons. The molecule has 0 aromatic carbocycles. The molecule has 0 radical (unpaired) electrons. The maximum atomic E-state index is 4.19. The van der Waals surface area contributed by atoms with Gasteiger partial charge < -0.3 is 9.47 Å². The molecule has 3 nitrogen and oxygen atoms in total. The maximum Gasteiger partial charge on any atom is 0.139 e. The van der Waals surface area contributed by atoms with Crippen LogP contribution >= 0.6 is 0 Å². The Labute approximate surface area is 79.0 Å². The Morgan fingerprint density at radius 2 is 2.31 bits per heavy atom. The Balaban J connectivity index is 2.75. The first-order chi connectivity index (χ1) is 6.11. The fourth-order valence-corrected chi connectivity index (χ4v) is 0.989. The van der Waals surface area contributed by atoms with Crippen molar-refractivity contribution in [2.24, 2.45) is 7.05 Å². The Bertz CT molecular complexity index is 321. The lowest BCUT2D eigenvalue weighted by Crippen LogP contribution is -2.01. The minimum Gasteiger partial charge on any atom is -0.383 e. The second kappa shape index (κ2) is 3.94. The van der Waals surface area contributed by atoms with Crippen molar-refractivity contribution >= 4 is 5.57 Å². The molecule has 1 rings (SSSR count). The van der Waals surface area contributed by atoms with Crippen molar-refractivity contribution in [1.29, 1.82) is 0 Å². The van der Waals surface area contributed by atoms with Crippen LogP contribution < -0.4 is 0 Å². The number of hydrogen-bond acceptors (Lipinski definition) is 2. The van der Waals surface area contributed by atoms with Gasteiger partial charge in [-0.3, -0.25) is 0 Å². The summed E-state index contributed by atoms with van der Waals surface area (Å²) in [6.07, 6.45) is 7.58. The normalized spacial score (nSPS) is 10.7. The van der Waals surface area contributed by atoms with E-state index in [9.17, 15) is 0 Å². The number of rotatable bonds is 3. The number of aryl methyl sites for hydroxylation is 1. The van der Waals surface area contributed by atoms with Crippen LogP contribution in [-0.2, 0) is 7.05 Å². The highest BCUT2D eigenvalue weighted by molar-refractivity contribution is 5.67. The first kappa shape index (κ1) is 9.58. The fourth-order valence-electron chi connectivity index (χ4n) is 0.989. The van der Waals surface area contributed by atoms with E-state index in [1.165, 1.54) is 0 Å². The third kappa shape index (κ3) is 2.47. The maximum absolute atomic E-state index is 4.19. The molecule has 13 heavy (non-hydrogen) atoms. The molecule has 0 amide bonds. The highest BCUT2D eigenvalue weighted by atomic mass is 15.0. The van der Waals surface area contributed by atoms with Gasteiger partial charge in [-0.15, -0.1) is 0 Å².